The minimum atomic E-state index is -0.206. The van der Waals surface area contributed by atoms with Gasteiger partial charge in [-0.3, -0.25) is 4.79 Å². The number of benzene rings is 1. The first kappa shape index (κ1) is 11.3. The Labute approximate surface area is 90.7 Å². The Kier molecular flexibility index (Phi) is 3.93. The molecule has 1 rings (SSSR count). The average molecular weight is 201 g/mol. The lowest BCUT2D eigenvalue weighted by atomic mass is 10.1. The number of carbonyl (C=O) groups excluding carboxylic acids is 1. The Hall–Kier alpha value is -1.75. The Bertz CT molecular complexity index is 373. The van der Waals surface area contributed by atoms with E-state index in [-0.39, 0.29) is 11.9 Å². The molecular weight excluding hydrogens is 186 g/mol. The van der Waals surface area contributed by atoms with Crippen LogP contribution in [0, 0.1) is 19.3 Å². The van der Waals surface area contributed by atoms with Crippen molar-refractivity contribution in [3.8, 4) is 12.3 Å². The third-order valence-corrected chi connectivity index (χ3v) is 2.11. The highest BCUT2D eigenvalue weighted by Gasteiger charge is 2.05. The van der Waals surface area contributed by atoms with E-state index in [1.165, 1.54) is 5.56 Å². The quantitative estimate of drug-likeness (QED) is 0.741. The van der Waals surface area contributed by atoms with Gasteiger partial charge in [0.1, 0.15) is 0 Å². The zero-order valence-electron chi connectivity index (χ0n) is 9.08. The van der Waals surface area contributed by atoms with Crippen molar-refractivity contribution in [3.05, 3.63) is 35.4 Å². The van der Waals surface area contributed by atoms with E-state index in [0.29, 0.717) is 6.42 Å². The predicted molar refractivity (Wildman–Crippen MR) is 61.3 cm³/mol. The summed E-state index contributed by atoms with van der Waals surface area (Å²) in [7, 11) is 0. The molecule has 1 unspecified atom stereocenters. The van der Waals surface area contributed by atoms with Crippen molar-refractivity contribution in [2.75, 3.05) is 0 Å². The number of amides is 1. The minimum Gasteiger partial charge on any atom is -0.342 e. The zero-order valence-corrected chi connectivity index (χ0v) is 9.08. The molecule has 2 heteroatoms. The predicted octanol–water partition coefficient (Wildman–Crippen LogP) is 1.68. The number of rotatable bonds is 3. The molecule has 0 radical (unpaired) electrons. The Morgan fingerprint density at radius 1 is 1.47 bits per heavy atom. The van der Waals surface area contributed by atoms with Crippen molar-refractivity contribution in [3.63, 3.8) is 0 Å². The Balaban J connectivity index is 2.52. The molecule has 1 aromatic rings. The molecule has 0 aromatic heterocycles. The van der Waals surface area contributed by atoms with Crippen LogP contribution < -0.4 is 5.32 Å². The average Bonchev–Trinajstić information content (AvgIpc) is 2.21. The standard InChI is InChI=1S/C13H15NO/c1-4-11(3)14-13(15)9-12-7-5-10(2)6-8-12/h1,5-8,11H,9H2,2-3H3,(H,14,15). The summed E-state index contributed by atoms with van der Waals surface area (Å²) in [6, 6.07) is 7.69. The second-order valence-electron chi connectivity index (χ2n) is 3.62. The molecule has 0 saturated carbocycles. The van der Waals surface area contributed by atoms with Crippen molar-refractivity contribution in [1.82, 2.24) is 5.32 Å². The first-order chi connectivity index (χ1) is 7.11. The third-order valence-electron chi connectivity index (χ3n) is 2.11. The molecule has 0 aliphatic heterocycles. The van der Waals surface area contributed by atoms with Crippen molar-refractivity contribution in [2.24, 2.45) is 0 Å². The fraction of sp³-hybridized carbons (Fsp3) is 0.308. The first-order valence-corrected chi connectivity index (χ1v) is 4.93. The lowest BCUT2D eigenvalue weighted by Gasteiger charge is -2.07. The number of hydrogen-bond acceptors (Lipinski definition) is 1. The van der Waals surface area contributed by atoms with Crippen molar-refractivity contribution in [2.45, 2.75) is 26.3 Å². The molecule has 0 spiro atoms. The molecule has 0 heterocycles. The molecule has 15 heavy (non-hydrogen) atoms. The summed E-state index contributed by atoms with van der Waals surface area (Å²) in [6.07, 6.45) is 5.55. The maximum atomic E-state index is 11.5. The summed E-state index contributed by atoms with van der Waals surface area (Å²) in [4.78, 5) is 11.5. The maximum absolute atomic E-state index is 11.5. The summed E-state index contributed by atoms with van der Waals surface area (Å²) < 4.78 is 0. The van der Waals surface area contributed by atoms with Crippen LogP contribution in [0.1, 0.15) is 18.1 Å². The van der Waals surface area contributed by atoms with Crippen LogP contribution in [0.2, 0.25) is 0 Å². The summed E-state index contributed by atoms with van der Waals surface area (Å²) >= 11 is 0. The number of aryl methyl sites for hydroxylation is 1. The topological polar surface area (TPSA) is 29.1 Å². The fourth-order valence-electron chi connectivity index (χ4n) is 1.23. The summed E-state index contributed by atoms with van der Waals surface area (Å²) in [5, 5.41) is 2.72. The van der Waals surface area contributed by atoms with Crippen LogP contribution in [0.3, 0.4) is 0 Å². The lowest BCUT2D eigenvalue weighted by molar-refractivity contribution is -0.120. The van der Waals surface area contributed by atoms with Crippen molar-refractivity contribution in [1.29, 1.82) is 0 Å². The smallest absolute Gasteiger partial charge is 0.225 e. The zero-order chi connectivity index (χ0) is 11.3. The van der Waals surface area contributed by atoms with Gasteiger partial charge in [0.2, 0.25) is 5.91 Å². The molecule has 1 atom stereocenters. The van der Waals surface area contributed by atoms with Crippen LogP contribution in [0.5, 0.6) is 0 Å². The molecule has 0 aliphatic carbocycles. The van der Waals surface area contributed by atoms with Crippen LogP contribution in [0.15, 0.2) is 24.3 Å². The normalized spacial score (nSPS) is 11.5. The summed E-state index contributed by atoms with van der Waals surface area (Å²) in [6.45, 7) is 3.80. The van der Waals surface area contributed by atoms with Crippen LogP contribution in [0.25, 0.3) is 0 Å². The maximum Gasteiger partial charge on any atom is 0.225 e. The van der Waals surface area contributed by atoms with Gasteiger partial charge in [0, 0.05) is 0 Å². The molecule has 0 bridgehead atoms. The molecule has 0 saturated heterocycles. The largest absolute Gasteiger partial charge is 0.342 e. The molecule has 1 N–H and O–H groups in total. The van der Waals surface area contributed by atoms with E-state index in [9.17, 15) is 4.79 Å². The van der Waals surface area contributed by atoms with Gasteiger partial charge in [-0.2, -0.15) is 0 Å². The van der Waals surface area contributed by atoms with Gasteiger partial charge in [-0.15, -0.1) is 6.42 Å². The number of carbonyl (C=O) groups is 1. The van der Waals surface area contributed by atoms with E-state index in [1.54, 1.807) is 6.92 Å². The van der Waals surface area contributed by atoms with E-state index in [4.69, 9.17) is 6.42 Å². The first-order valence-electron chi connectivity index (χ1n) is 4.93. The molecule has 0 fully saturated rings. The molecular formula is C13H15NO. The third kappa shape index (κ3) is 3.86. The number of nitrogens with one attached hydrogen (secondary N) is 1. The molecule has 0 aliphatic rings. The molecule has 78 valence electrons. The molecule has 1 amide bonds. The molecule has 2 nitrogen and oxygen atoms in total. The Morgan fingerprint density at radius 2 is 2.07 bits per heavy atom. The van der Waals surface area contributed by atoms with Gasteiger partial charge in [-0.1, -0.05) is 35.7 Å². The van der Waals surface area contributed by atoms with Crippen LogP contribution in [-0.4, -0.2) is 11.9 Å². The van der Waals surface area contributed by atoms with Gasteiger partial charge in [-0.25, -0.2) is 0 Å². The van der Waals surface area contributed by atoms with Crippen LogP contribution in [-0.2, 0) is 11.2 Å². The van der Waals surface area contributed by atoms with Crippen LogP contribution >= 0.6 is 0 Å². The van der Waals surface area contributed by atoms with Crippen LogP contribution in [0.4, 0.5) is 0 Å². The van der Waals surface area contributed by atoms with Gasteiger partial charge in [-0.05, 0) is 19.4 Å². The highest BCUT2D eigenvalue weighted by Crippen LogP contribution is 2.03. The van der Waals surface area contributed by atoms with Gasteiger partial charge in [0.05, 0.1) is 12.5 Å². The van der Waals surface area contributed by atoms with E-state index in [2.05, 4.69) is 11.2 Å². The lowest BCUT2D eigenvalue weighted by Crippen LogP contribution is -2.32. The summed E-state index contributed by atoms with van der Waals surface area (Å²) in [5.74, 6) is 2.42. The van der Waals surface area contributed by atoms with E-state index >= 15 is 0 Å². The fourth-order valence-corrected chi connectivity index (χ4v) is 1.23. The highest BCUT2D eigenvalue weighted by molar-refractivity contribution is 5.79. The Morgan fingerprint density at radius 3 is 2.60 bits per heavy atom. The van der Waals surface area contributed by atoms with Gasteiger partial charge in [0.25, 0.3) is 0 Å². The van der Waals surface area contributed by atoms with E-state index < -0.39 is 0 Å². The second kappa shape index (κ2) is 5.21. The SMILES string of the molecule is C#CC(C)NC(=O)Cc1ccc(C)cc1. The van der Waals surface area contributed by atoms with Crippen molar-refractivity contribution >= 4 is 5.91 Å². The van der Waals surface area contributed by atoms with Crippen molar-refractivity contribution < 1.29 is 4.79 Å². The van der Waals surface area contributed by atoms with E-state index in [1.807, 2.05) is 31.2 Å². The molecule has 1 aromatic carbocycles. The van der Waals surface area contributed by atoms with Gasteiger partial charge in [0.15, 0.2) is 0 Å². The minimum absolute atomic E-state index is 0.0377. The monoisotopic (exact) mass is 201 g/mol. The number of hydrogen-bond donors (Lipinski definition) is 1. The van der Waals surface area contributed by atoms with E-state index in [0.717, 1.165) is 5.56 Å². The highest BCUT2D eigenvalue weighted by atomic mass is 16.1. The van der Waals surface area contributed by atoms with Gasteiger partial charge < -0.3 is 5.32 Å². The summed E-state index contributed by atoms with van der Waals surface area (Å²) in [5.41, 5.74) is 2.19. The second-order valence-corrected chi connectivity index (χ2v) is 3.62. The van der Waals surface area contributed by atoms with Gasteiger partial charge >= 0.3 is 0 Å². The number of terminal acetylenes is 1.